The highest BCUT2D eigenvalue weighted by atomic mass is 32.2. The fraction of sp³-hybridized carbons (Fsp3) is 0.333. The number of hydrogen-bond donors (Lipinski definition) is 1. The molecule has 1 aromatic rings. The van der Waals surface area contributed by atoms with Gasteiger partial charge in [-0.15, -0.1) is 0 Å². The number of anilines is 1. The first-order chi connectivity index (χ1) is 7.68. The largest absolute Gasteiger partial charge is 0.280 e. The molecule has 0 bridgehead atoms. The van der Waals surface area contributed by atoms with Crippen molar-refractivity contribution in [1.29, 1.82) is 0 Å². The van der Waals surface area contributed by atoms with Crippen molar-refractivity contribution in [2.24, 2.45) is 0 Å². The molecular weight excluding hydrogens is 222 g/mol. The van der Waals surface area contributed by atoms with Gasteiger partial charge >= 0.3 is 0 Å². The van der Waals surface area contributed by atoms with E-state index in [0.29, 0.717) is 17.0 Å². The average Bonchev–Trinajstić information content (AvgIpc) is 2.31. The molecular formula is C12H15NO2S. The topological polar surface area (TPSA) is 46.2 Å². The molecule has 0 aliphatic heterocycles. The van der Waals surface area contributed by atoms with Gasteiger partial charge in [0.2, 0.25) is 0 Å². The maximum absolute atomic E-state index is 12.0. The smallest absolute Gasteiger partial charge is 0.257 e. The Kier molecular flexibility index (Phi) is 3.29. The highest BCUT2D eigenvalue weighted by Crippen LogP contribution is 2.23. The van der Waals surface area contributed by atoms with Crippen LogP contribution in [0.2, 0.25) is 0 Å². The van der Waals surface area contributed by atoms with E-state index in [4.69, 9.17) is 0 Å². The van der Waals surface area contributed by atoms with Gasteiger partial charge in [0, 0.05) is 5.69 Å². The minimum absolute atomic E-state index is 0.530. The van der Waals surface area contributed by atoms with Crippen LogP contribution in [0.3, 0.4) is 0 Å². The Morgan fingerprint density at radius 2 is 1.81 bits per heavy atom. The normalized spacial score (nSPS) is 16.6. The van der Waals surface area contributed by atoms with Crippen LogP contribution < -0.4 is 4.72 Å². The van der Waals surface area contributed by atoms with Crippen molar-refractivity contribution in [3.8, 4) is 0 Å². The molecule has 1 aliphatic rings. The number of nitrogens with one attached hydrogen (secondary N) is 1. The van der Waals surface area contributed by atoms with Gasteiger partial charge in [-0.25, -0.2) is 8.42 Å². The predicted octanol–water partition coefficient (Wildman–Crippen LogP) is 2.89. The molecule has 0 saturated heterocycles. The van der Waals surface area contributed by atoms with Gasteiger partial charge in [-0.05, 0) is 37.8 Å². The molecule has 0 amide bonds. The summed E-state index contributed by atoms with van der Waals surface area (Å²) in [4.78, 5) is 0.530. The molecule has 0 unspecified atom stereocenters. The van der Waals surface area contributed by atoms with Gasteiger partial charge < -0.3 is 0 Å². The summed E-state index contributed by atoms with van der Waals surface area (Å²) in [6, 6.07) is 8.99. The van der Waals surface area contributed by atoms with E-state index in [2.05, 4.69) is 4.72 Å². The first-order valence-corrected chi connectivity index (χ1v) is 6.94. The summed E-state index contributed by atoms with van der Waals surface area (Å²) in [6.45, 7) is 0. The second-order valence-corrected chi connectivity index (χ2v) is 5.62. The summed E-state index contributed by atoms with van der Waals surface area (Å²) in [7, 11) is -3.33. The summed E-state index contributed by atoms with van der Waals surface area (Å²) in [5, 5.41) is 0. The molecule has 16 heavy (non-hydrogen) atoms. The van der Waals surface area contributed by atoms with Crippen LogP contribution in [0, 0.1) is 0 Å². The standard InChI is InChI=1S/C12H15NO2S/c14-16(15,12-9-5-2-6-10-12)13-11-7-3-1-4-8-11/h1,3-4,7-9,13H,2,5-6,10H2. The molecule has 0 fully saturated rings. The van der Waals surface area contributed by atoms with Crippen LogP contribution in [0.5, 0.6) is 0 Å². The van der Waals surface area contributed by atoms with E-state index in [9.17, 15) is 8.42 Å². The van der Waals surface area contributed by atoms with Crippen molar-refractivity contribution in [2.45, 2.75) is 25.7 Å². The van der Waals surface area contributed by atoms with Crippen LogP contribution >= 0.6 is 0 Å². The van der Waals surface area contributed by atoms with E-state index in [1.807, 2.05) is 24.3 Å². The zero-order valence-corrected chi connectivity index (χ0v) is 9.83. The molecule has 1 N–H and O–H groups in total. The molecule has 3 nitrogen and oxygen atoms in total. The van der Waals surface area contributed by atoms with Crippen LogP contribution in [0.1, 0.15) is 25.7 Å². The number of sulfonamides is 1. The third kappa shape index (κ3) is 2.64. The maximum atomic E-state index is 12.0. The highest BCUT2D eigenvalue weighted by Gasteiger charge is 2.18. The van der Waals surface area contributed by atoms with Gasteiger partial charge in [-0.2, -0.15) is 0 Å². The van der Waals surface area contributed by atoms with Crippen LogP contribution in [0.15, 0.2) is 41.3 Å². The lowest BCUT2D eigenvalue weighted by Gasteiger charge is -2.14. The molecule has 1 aromatic carbocycles. The van der Waals surface area contributed by atoms with Gasteiger partial charge in [-0.3, -0.25) is 4.72 Å². The number of para-hydroxylation sites is 1. The molecule has 0 atom stereocenters. The molecule has 0 spiro atoms. The Hall–Kier alpha value is -1.29. The van der Waals surface area contributed by atoms with Gasteiger partial charge in [0.25, 0.3) is 10.0 Å². The Balaban J connectivity index is 2.17. The van der Waals surface area contributed by atoms with E-state index in [1.54, 1.807) is 12.1 Å². The van der Waals surface area contributed by atoms with Crippen molar-refractivity contribution in [3.05, 3.63) is 41.3 Å². The Morgan fingerprint density at radius 3 is 2.44 bits per heavy atom. The zero-order chi connectivity index (χ0) is 11.4. The molecule has 0 aromatic heterocycles. The lowest BCUT2D eigenvalue weighted by molar-refractivity contribution is 0.600. The molecule has 86 valence electrons. The van der Waals surface area contributed by atoms with E-state index < -0.39 is 10.0 Å². The van der Waals surface area contributed by atoms with Crippen LogP contribution in [-0.2, 0) is 10.0 Å². The first-order valence-electron chi connectivity index (χ1n) is 5.45. The lowest BCUT2D eigenvalue weighted by atomic mass is 10.1. The predicted molar refractivity (Wildman–Crippen MR) is 65.5 cm³/mol. The number of benzene rings is 1. The second-order valence-electron chi connectivity index (χ2n) is 3.89. The fourth-order valence-corrected chi connectivity index (χ4v) is 3.11. The first kappa shape index (κ1) is 11.2. The highest BCUT2D eigenvalue weighted by molar-refractivity contribution is 7.96. The van der Waals surface area contributed by atoms with Crippen LogP contribution in [-0.4, -0.2) is 8.42 Å². The summed E-state index contributed by atoms with van der Waals surface area (Å²) >= 11 is 0. The second kappa shape index (κ2) is 4.70. The zero-order valence-electron chi connectivity index (χ0n) is 9.02. The van der Waals surface area contributed by atoms with Crippen molar-refractivity contribution in [3.63, 3.8) is 0 Å². The maximum Gasteiger partial charge on any atom is 0.257 e. The van der Waals surface area contributed by atoms with E-state index >= 15 is 0 Å². The monoisotopic (exact) mass is 237 g/mol. The molecule has 2 rings (SSSR count). The Morgan fingerprint density at radius 1 is 1.06 bits per heavy atom. The Labute approximate surface area is 96.2 Å². The minimum Gasteiger partial charge on any atom is -0.280 e. The van der Waals surface area contributed by atoms with Crippen molar-refractivity contribution in [2.75, 3.05) is 4.72 Å². The van der Waals surface area contributed by atoms with E-state index in [-0.39, 0.29) is 0 Å². The summed E-state index contributed by atoms with van der Waals surface area (Å²) in [6.07, 6.45) is 5.40. The summed E-state index contributed by atoms with van der Waals surface area (Å²) in [5.41, 5.74) is 0.619. The van der Waals surface area contributed by atoms with Crippen molar-refractivity contribution < 1.29 is 8.42 Å². The summed E-state index contributed by atoms with van der Waals surface area (Å²) in [5.74, 6) is 0. The number of rotatable bonds is 3. The van der Waals surface area contributed by atoms with E-state index in [1.165, 1.54) is 0 Å². The van der Waals surface area contributed by atoms with Gasteiger partial charge in [0.15, 0.2) is 0 Å². The fourth-order valence-electron chi connectivity index (χ4n) is 1.78. The molecule has 1 aliphatic carbocycles. The minimum atomic E-state index is -3.33. The number of hydrogen-bond acceptors (Lipinski definition) is 2. The third-order valence-electron chi connectivity index (χ3n) is 2.62. The molecule has 0 heterocycles. The average molecular weight is 237 g/mol. The molecule has 4 heteroatoms. The lowest BCUT2D eigenvalue weighted by Crippen LogP contribution is -2.16. The quantitative estimate of drug-likeness (QED) is 0.878. The summed E-state index contributed by atoms with van der Waals surface area (Å²) < 4.78 is 26.5. The van der Waals surface area contributed by atoms with Gasteiger partial charge in [0.1, 0.15) is 0 Å². The molecule has 0 saturated carbocycles. The molecule has 0 radical (unpaired) electrons. The van der Waals surface area contributed by atoms with Crippen LogP contribution in [0.25, 0.3) is 0 Å². The van der Waals surface area contributed by atoms with Crippen molar-refractivity contribution >= 4 is 15.7 Å². The SMILES string of the molecule is O=S(=O)(Nc1ccccc1)C1=CCCCC1. The van der Waals surface area contributed by atoms with Gasteiger partial charge in [0.05, 0.1) is 4.91 Å². The van der Waals surface area contributed by atoms with Crippen LogP contribution in [0.4, 0.5) is 5.69 Å². The van der Waals surface area contributed by atoms with E-state index in [0.717, 1.165) is 19.3 Å². The van der Waals surface area contributed by atoms with Crippen molar-refractivity contribution in [1.82, 2.24) is 0 Å². The van der Waals surface area contributed by atoms with Gasteiger partial charge in [-0.1, -0.05) is 24.3 Å². The Bertz CT molecular complexity index is 477. The number of allylic oxidation sites excluding steroid dienone is 2. The third-order valence-corrected chi connectivity index (χ3v) is 4.19.